The van der Waals surface area contributed by atoms with Crippen LogP contribution in [0.15, 0.2) is 69.9 Å². The van der Waals surface area contributed by atoms with Gasteiger partial charge >= 0.3 is 0 Å². The van der Waals surface area contributed by atoms with Gasteiger partial charge in [0.2, 0.25) is 0 Å². The van der Waals surface area contributed by atoms with E-state index in [1.165, 1.54) is 0 Å². The maximum absolute atomic E-state index is 12.3. The van der Waals surface area contributed by atoms with Crippen LogP contribution in [-0.2, 0) is 12.8 Å². The van der Waals surface area contributed by atoms with E-state index >= 15 is 0 Å². The van der Waals surface area contributed by atoms with Crippen LogP contribution in [0, 0.1) is 6.92 Å². The summed E-state index contributed by atoms with van der Waals surface area (Å²) in [5, 5.41) is 0. The molecule has 4 heteroatoms. The summed E-state index contributed by atoms with van der Waals surface area (Å²) in [7, 11) is 0. The molecule has 0 fully saturated rings. The number of nitrogens with one attached hydrogen (secondary N) is 1. The first kappa shape index (κ1) is 15.4. The Morgan fingerprint density at radius 3 is 2.56 bits per heavy atom. The molecule has 0 radical (unpaired) electrons. The van der Waals surface area contributed by atoms with Gasteiger partial charge in [-0.1, -0.05) is 42.5 Å². The van der Waals surface area contributed by atoms with Crippen molar-refractivity contribution in [1.29, 1.82) is 0 Å². The third kappa shape index (κ3) is 3.11. The molecule has 0 saturated heterocycles. The van der Waals surface area contributed by atoms with Crippen molar-refractivity contribution >= 4 is 11.1 Å². The number of oxazole rings is 1. The van der Waals surface area contributed by atoms with Crippen LogP contribution in [0.5, 0.6) is 0 Å². The quantitative estimate of drug-likeness (QED) is 0.608. The van der Waals surface area contributed by atoms with E-state index in [4.69, 9.17) is 4.42 Å². The van der Waals surface area contributed by atoms with Gasteiger partial charge in [-0.25, -0.2) is 4.98 Å². The second-order valence-corrected chi connectivity index (χ2v) is 6.10. The van der Waals surface area contributed by atoms with Gasteiger partial charge in [-0.3, -0.25) is 4.79 Å². The van der Waals surface area contributed by atoms with Gasteiger partial charge in [-0.05, 0) is 37.1 Å². The number of benzene rings is 2. The lowest BCUT2D eigenvalue weighted by atomic mass is 10.0. The zero-order valence-electron chi connectivity index (χ0n) is 14.0. The van der Waals surface area contributed by atoms with Crippen molar-refractivity contribution in [3.8, 4) is 11.1 Å². The minimum absolute atomic E-state index is 0.0479. The summed E-state index contributed by atoms with van der Waals surface area (Å²) in [6, 6.07) is 19.7. The summed E-state index contributed by atoms with van der Waals surface area (Å²) in [5.74, 6) is 0.655. The predicted octanol–water partition coefficient (Wildman–Crippen LogP) is 4.28. The number of hydrogen-bond donors (Lipinski definition) is 1. The molecule has 0 bridgehead atoms. The van der Waals surface area contributed by atoms with Gasteiger partial charge in [0.1, 0.15) is 5.52 Å². The molecule has 0 amide bonds. The normalized spacial score (nSPS) is 11.1. The van der Waals surface area contributed by atoms with E-state index in [0.717, 1.165) is 33.5 Å². The molecular formula is C21H18N2O2. The number of H-pyrrole nitrogens is 1. The molecule has 4 aromatic rings. The number of aromatic nitrogens is 2. The molecular weight excluding hydrogens is 312 g/mol. The van der Waals surface area contributed by atoms with Crippen molar-refractivity contribution in [2.75, 3.05) is 0 Å². The van der Waals surface area contributed by atoms with E-state index in [1.54, 1.807) is 0 Å². The molecule has 0 aliphatic carbocycles. The molecule has 2 aromatic heterocycles. The van der Waals surface area contributed by atoms with Gasteiger partial charge in [0.05, 0.1) is 0 Å². The van der Waals surface area contributed by atoms with Crippen LogP contribution < -0.4 is 5.56 Å². The van der Waals surface area contributed by atoms with Crippen molar-refractivity contribution in [2.45, 2.75) is 19.8 Å². The summed E-state index contributed by atoms with van der Waals surface area (Å²) in [4.78, 5) is 19.7. The van der Waals surface area contributed by atoms with Crippen LogP contribution >= 0.6 is 0 Å². The molecule has 0 spiro atoms. The standard InChI is InChI=1S/C21H18N2O2/c1-14-17(15-7-3-2-4-8-15)13-16(21(24)22-14)11-12-20-23-18-9-5-6-10-19(18)25-20/h2-10,13H,11-12H2,1H3,(H,22,24). The summed E-state index contributed by atoms with van der Waals surface area (Å²) in [6.07, 6.45) is 1.18. The molecule has 4 rings (SSSR count). The number of hydrogen-bond acceptors (Lipinski definition) is 3. The smallest absolute Gasteiger partial charge is 0.251 e. The maximum Gasteiger partial charge on any atom is 0.251 e. The van der Waals surface area contributed by atoms with Crippen LogP contribution in [0.4, 0.5) is 0 Å². The van der Waals surface area contributed by atoms with Crippen LogP contribution in [0.1, 0.15) is 17.1 Å². The minimum Gasteiger partial charge on any atom is -0.441 e. The second kappa shape index (κ2) is 6.40. The van der Waals surface area contributed by atoms with Gasteiger partial charge in [-0.15, -0.1) is 0 Å². The lowest BCUT2D eigenvalue weighted by Gasteiger charge is -2.08. The average molecular weight is 330 g/mol. The highest BCUT2D eigenvalue weighted by Gasteiger charge is 2.10. The highest BCUT2D eigenvalue weighted by molar-refractivity contribution is 5.72. The lowest BCUT2D eigenvalue weighted by molar-refractivity contribution is 0.528. The Morgan fingerprint density at radius 1 is 1.00 bits per heavy atom. The van der Waals surface area contributed by atoms with E-state index in [2.05, 4.69) is 9.97 Å². The van der Waals surface area contributed by atoms with Crippen molar-refractivity contribution in [1.82, 2.24) is 9.97 Å². The molecule has 0 saturated carbocycles. The van der Waals surface area contributed by atoms with Crippen LogP contribution in [0.25, 0.3) is 22.2 Å². The Labute approximate surface area is 145 Å². The molecule has 124 valence electrons. The number of para-hydroxylation sites is 2. The fourth-order valence-corrected chi connectivity index (χ4v) is 3.04. The van der Waals surface area contributed by atoms with Crippen molar-refractivity contribution in [3.05, 3.63) is 88.2 Å². The Bertz CT molecular complexity index is 1040. The fourth-order valence-electron chi connectivity index (χ4n) is 3.04. The summed E-state index contributed by atoms with van der Waals surface area (Å²) in [6.45, 7) is 1.92. The van der Waals surface area contributed by atoms with E-state index in [1.807, 2.05) is 67.6 Å². The molecule has 25 heavy (non-hydrogen) atoms. The SMILES string of the molecule is Cc1[nH]c(=O)c(CCc2nc3ccccc3o2)cc1-c1ccccc1. The summed E-state index contributed by atoms with van der Waals surface area (Å²) >= 11 is 0. The number of aryl methyl sites for hydroxylation is 3. The topological polar surface area (TPSA) is 58.9 Å². The predicted molar refractivity (Wildman–Crippen MR) is 98.7 cm³/mol. The van der Waals surface area contributed by atoms with Crippen LogP contribution in [0.3, 0.4) is 0 Å². The maximum atomic E-state index is 12.3. The number of rotatable bonds is 4. The van der Waals surface area contributed by atoms with Gasteiger partial charge in [0.25, 0.3) is 5.56 Å². The Hall–Kier alpha value is -3.14. The number of nitrogens with zero attached hydrogens (tertiary/aromatic N) is 1. The molecule has 2 aromatic carbocycles. The zero-order chi connectivity index (χ0) is 17.2. The first-order chi connectivity index (χ1) is 12.2. The van der Waals surface area contributed by atoms with Crippen molar-refractivity contribution in [3.63, 3.8) is 0 Å². The largest absolute Gasteiger partial charge is 0.441 e. The monoisotopic (exact) mass is 330 g/mol. The highest BCUT2D eigenvalue weighted by Crippen LogP contribution is 2.22. The summed E-state index contributed by atoms with van der Waals surface area (Å²) in [5.41, 5.74) is 5.34. The second-order valence-electron chi connectivity index (χ2n) is 6.10. The Balaban J connectivity index is 1.63. The molecule has 1 N–H and O–H groups in total. The molecule has 0 atom stereocenters. The number of aromatic amines is 1. The molecule has 2 heterocycles. The van der Waals surface area contributed by atoms with Gasteiger partial charge in [0.15, 0.2) is 11.5 Å². The third-order valence-electron chi connectivity index (χ3n) is 4.35. The zero-order valence-corrected chi connectivity index (χ0v) is 14.0. The first-order valence-corrected chi connectivity index (χ1v) is 8.33. The van der Waals surface area contributed by atoms with E-state index in [9.17, 15) is 4.79 Å². The van der Waals surface area contributed by atoms with Gasteiger partial charge in [-0.2, -0.15) is 0 Å². The third-order valence-corrected chi connectivity index (χ3v) is 4.35. The Kier molecular flexibility index (Phi) is 3.94. The molecule has 4 nitrogen and oxygen atoms in total. The van der Waals surface area contributed by atoms with Gasteiger partial charge in [0, 0.05) is 23.2 Å². The van der Waals surface area contributed by atoms with Crippen molar-refractivity contribution in [2.24, 2.45) is 0 Å². The average Bonchev–Trinajstić information content (AvgIpc) is 3.04. The summed E-state index contributed by atoms with van der Waals surface area (Å²) < 4.78 is 5.74. The van der Waals surface area contributed by atoms with Crippen LogP contribution in [0.2, 0.25) is 0 Å². The van der Waals surface area contributed by atoms with E-state index in [-0.39, 0.29) is 5.56 Å². The number of pyridine rings is 1. The van der Waals surface area contributed by atoms with Crippen LogP contribution in [-0.4, -0.2) is 9.97 Å². The highest BCUT2D eigenvalue weighted by atomic mass is 16.3. The Morgan fingerprint density at radius 2 is 1.76 bits per heavy atom. The van der Waals surface area contributed by atoms with Gasteiger partial charge < -0.3 is 9.40 Å². The van der Waals surface area contributed by atoms with E-state index in [0.29, 0.717) is 18.7 Å². The minimum atomic E-state index is -0.0479. The fraction of sp³-hybridized carbons (Fsp3) is 0.143. The van der Waals surface area contributed by atoms with Crippen molar-refractivity contribution < 1.29 is 4.42 Å². The number of fused-ring (bicyclic) bond motifs is 1. The first-order valence-electron chi connectivity index (χ1n) is 8.33. The lowest BCUT2D eigenvalue weighted by Crippen LogP contribution is -2.15. The molecule has 0 aliphatic rings. The molecule has 0 aliphatic heterocycles. The molecule has 0 unspecified atom stereocenters. The van der Waals surface area contributed by atoms with E-state index < -0.39 is 0 Å².